The van der Waals surface area contributed by atoms with Crippen LogP contribution in [0.25, 0.3) is 22.3 Å². The topological polar surface area (TPSA) is 119 Å². The van der Waals surface area contributed by atoms with Crippen molar-refractivity contribution in [3.63, 3.8) is 0 Å². The first-order valence-electron chi connectivity index (χ1n) is 13.9. The molecule has 0 saturated carbocycles. The van der Waals surface area contributed by atoms with Crippen molar-refractivity contribution in [2.45, 2.75) is 33.3 Å². The standard InChI is InChI=1S/C31H30ClFN6O3S2/c1-19(2)29(44(40)41)15-34-10-4-7-30-39-27(17-43-30)25-13-23-26(14-35-25)36-18-37-31(23)38-22-8-9-28(24(32)12-22)42-16-20-5-3-6-21(33)11-20/h3,5-6,8-9,11-14,17-19,34H,4,7,10,15-16H2,1-2H3,(H,36,37,38). The molecule has 0 fully saturated rings. The summed E-state index contributed by atoms with van der Waals surface area (Å²) >= 11 is 8.05. The minimum Gasteiger partial charge on any atom is -0.487 e. The van der Waals surface area contributed by atoms with E-state index in [0.29, 0.717) is 57.0 Å². The molecule has 0 unspecified atom stereocenters. The van der Waals surface area contributed by atoms with Crippen molar-refractivity contribution in [3.8, 4) is 17.1 Å². The summed E-state index contributed by atoms with van der Waals surface area (Å²) in [5.74, 6) is 0.726. The molecule has 0 bridgehead atoms. The molecule has 0 amide bonds. The van der Waals surface area contributed by atoms with E-state index in [1.54, 1.807) is 41.8 Å². The van der Waals surface area contributed by atoms with E-state index in [4.69, 9.17) is 21.3 Å². The predicted octanol–water partition coefficient (Wildman–Crippen LogP) is 6.49. The van der Waals surface area contributed by atoms with Crippen LogP contribution in [0.15, 0.2) is 66.4 Å². The third-order valence-electron chi connectivity index (χ3n) is 6.72. The van der Waals surface area contributed by atoms with Crippen LogP contribution in [0.5, 0.6) is 5.75 Å². The second kappa shape index (κ2) is 14.7. The number of hydrogen-bond donors (Lipinski definition) is 2. The summed E-state index contributed by atoms with van der Waals surface area (Å²) in [6.45, 7) is 4.98. The van der Waals surface area contributed by atoms with Gasteiger partial charge >= 0.3 is 0 Å². The van der Waals surface area contributed by atoms with Gasteiger partial charge in [0.15, 0.2) is 0 Å². The number of benzene rings is 2. The van der Waals surface area contributed by atoms with Gasteiger partial charge in [0.25, 0.3) is 0 Å². The fourth-order valence-corrected chi connectivity index (χ4v) is 6.07. The number of aryl methyl sites for hydroxylation is 1. The number of aromatic nitrogens is 4. The molecular formula is C31H30ClFN6O3S2. The Hall–Kier alpha value is -3.97. The lowest BCUT2D eigenvalue weighted by Crippen LogP contribution is -2.28. The van der Waals surface area contributed by atoms with Gasteiger partial charge < -0.3 is 15.4 Å². The average molecular weight is 653 g/mol. The Morgan fingerprint density at radius 2 is 1.95 bits per heavy atom. The van der Waals surface area contributed by atoms with Crippen LogP contribution in [-0.4, -0.2) is 46.3 Å². The van der Waals surface area contributed by atoms with Crippen LogP contribution in [0, 0.1) is 11.7 Å². The first-order valence-corrected chi connectivity index (χ1v) is 16.2. The highest BCUT2D eigenvalue weighted by atomic mass is 35.5. The number of rotatable bonds is 13. The molecule has 0 aliphatic rings. The summed E-state index contributed by atoms with van der Waals surface area (Å²) in [5, 5.41) is 10.6. The summed E-state index contributed by atoms with van der Waals surface area (Å²) in [6.07, 6.45) is 4.75. The molecule has 2 aromatic carbocycles. The maximum atomic E-state index is 13.5. The molecule has 44 heavy (non-hydrogen) atoms. The van der Waals surface area contributed by atoms with E-state index in [9.17, 15) is 12.8 Å². The molecule has 9 nitrogen and oxygen atoms in total. The van der Waals surface area contributed by atoms with E-state index in [0.717, 1.165) is 28.9 Å². The molecule has 5 rings (SSSR count). The maximum absolute atomic E-state index is 13.5. The molecule has 0 saturated heterocycles. The molecule has 2 N–H and O–H groups in total. The molecule has 5 aromatic rings. The summed E-state index contributed by atoms with van der Waals surface area (Å²) in [7, 11) is -2.17. The Labute approximate surface area is 265 Å². The number of ether oxygens (including phenoxy) is 1. The molecule has 0 spiro atoms. The highest BCUT2D eigenvalue weighted by molar-refractivity contribution is 7.73. The molecule has 13 heteroatoms. The summed E-state index contributed by atoms with van der Waals surface area (Å²) in [4.78, 5) is 18.6. The molecule has 3 aromatic heterocycles. The van der Waals surface area contributed by atoms with E-state index < -0.39 is 10.3 Å². The molecule has 3 heterocycles. The lowest BCUT2D eigenvalue weighted by atomic mass is 10.1. The van der Waals surface area contributed by atoms with E-state index in [1.165, 1.54) is 18.5 Å². The van der Waals surface area contributed by atoms with Crippen LogP contribution in [0.4, 0.5) is 15.9 Å². The van der Waals surface area contributed by atoms with E-state index in [-0.39, 0.29) is 18.3 Å². The van der Waals surface area contributed by atoms with Crippen molar-refractivity contribution in [1.82, 2.24) is 25.3 Å². The fourth-order valence-electron chi connectivity index (χ4n) is 4.39. The highest BCUT2D eigenvalue weighted by Crippen LogP contribution is 2.32. The number of anilines is 2. The number of pyridine rings is 1. The van der Waals surface area contributed by atoms with Gasteiger partial charge in [0.05, 0.1) is 38.0 Å². The SMILES string of the molecule is CC(C)C(CNCCCc1nc(-c2cc3c(Nc4ccc(OCc5cccc(F)c5)c(Cl)c4)ncnc3cn2)cs1)=S(=O)=O. The average Bonchev–Trinajstić information content (AvgIpc) is 3.47. The Morgan fingerprint density at radius 1 is 1.09 bits per heavy atom. The molecule has 0 atom stereocenters. The number of fused-ring (bicyclic) bond motifs is 1. The Morgan fingerprint density at radius 3 is 2.73 bits per heavy atom. The number of nitrogens with one attached hydrogen (secondary N) is 2. The minimum atomic E-state index is -2.17. The molecule has 0 aliphatic heterocycles. The smallest absolute Gasteiger partial charge is 0.214 e. The van der Waals surface area contributed by atoms with Gasteiger partial charge in [0.1, 0.15) is 30.3 Å². The van der Waals surface area contributed by atoms with E-state index in [2.05, 4.69) is 25.6 Å². The number of thiazole rings is 1. The first-order chi connectivity index (χ1) is 21.3. The number of nitrogens with zero attached hydrogens (tertiary/aromatic N) is 4. The van der Waals surface area contributed by atoms with Crippen LogP contribution in [0.1, 0.15) is 30.8 Å². The fraction of sp³-hybridized carbons (Fsp3) is 0.258. The lowest BCUT2D eigenvalue weighted by molar-refractivity contribution is 0.306. The van der Waals surface area contributed by atoms with Crippen LogP contribution in [0.2, 0.25) is 5.02 Å². The normalized spacial score (nSPS) is 11.2. The summed E-state index contributed by atoms with van der Waals surface area (Å²) in [5.41, 5.74) is 3.54. The monoisotopic (exact) mass is 652 g/mol. The van der Waals surface area contributed by atoms with Crippen molar-refractivity contribution in [2.24, 2.45) is 5.92 Å². The highest BCUT2D eigenvalue weighted by Gasteiger charge is 2.12. The molecular weight excluding hydrogens is 623 g/mol. The van der Waals surface area contributed by atoms with Gasteiger partial charge in [-0.1, -0.05) is 37.6 Å². The predicted molar refractivity (Wildman–Crippen MR) is 174 cm³/mol. The van der Waals surface area contributed by atoms with E-state index in [1.807, 2.05) is 31.4 Å². The maximum Gasteiger partial charge on any atom is 0.214 e. The Balaban J connectivity index is 1.23. The molecule has 0 radical (unpaired) electrons. The lowest BCUT2D eigenvalue weighted by Gasteiger charge is -2.12. The minimum absolute atomic E-state index is 0.0184. The third-order valence-corrected chi connectivity index (χ3v) is 8.96. The van der Waals surface area contributed by atoms with Gasteiger partial charge in [-0.25, -0.2) is 19.3 Å². The van der Waals surface area contributed by atoms with Crippen molar-refractivity contribution in [1.29, 1.82) is 0 Å². The third kappa shape index (κ3) is 8.14. The zero-order chi connectivity index (χ0) is 31.1. The quantitative estimate of drug-likeness (QED) is 0.109. The largest absolute Gasteiger partial charge is 0.487 e. The van der Waals surface area contributed by atoms with E-state index >= 15 is 0 Å². The summed E-state index contributed by atoms with van der Waals surface area (Å²) < 4.78 is 41.9. The molecule has 0 aliphatic carbocycles. The number of halogens is 2. The zero-order valence-corrected chi connectivity index (χ0v) is 26.4. The van der Waals surface area contributed by atoms with Gasteiger partial charge in [0.2, 0.25) is 10.3 Å². The zero-order valence-electron chi connectivity index (χ0n) is 24.0. The van der Waals surface area contributed by atoms with Gasteiger partial charge in [-0.2, -0.15) is 8.42 Å². The van der Waals surface area contributed by atoms with Crippen molar-refractivity contribution < 1.29 is 17.5 Å². The summed E-state index contributed by atoms with van der Waals surface area (Å²) in [6, 6.07) is 13.4. The van der Waals surface area contributed by atoms with Crippen LogP contribution in [-0.2, 0) is 23.3 Å². The Kier molecular flexibility index (Phi) is 10.5. The van der Waals surface area contributed by atoms with Crippen LogP contribution < -0.4 is 15.4 Å². The van der Waals surface area contributed by atoms with Gasteiger partial charge in [-0.15, -0.1) is 11.3 Å². The number of hydrogen-bond acceptors (Lipinski definition) is 10. The molecule has 228 valence electrons. The van der Waals surface area contributed by atoms with Crippen molar-refractivity contribution >= 4 is 60.5 Å². The van der Waals surface area contributed by atoms with Crippen molar-refractivity contribution in [2.75, 3.05) is 18.4 Å². The second-order valence-electron chi connectivity index (χ2n) is 10.3. The first kappa shape index (κ1) is 31.5. The van der Waals surface area contributed by atoms with Crippen LogP contribution >= 0.6 is 22.9 Å². The van der Waals surface area contributed by atoms with Gasteiger partial charge in [-0.05, 0) is 60.8 Å². The Bertz CT molecular complexity index is 1910. The second-order valence-corrected chi connectivity index (χ2v) is 12.6. The van der Waals surface area contributed by atoms with Crippen molar-refractivity contribution in [3.05, 3.63) is 87.8 Å². The van der Waals surface area contributed by atoms with Crippen LogP contribution in [0.3, 0.4) is 0 Å². The van der Waals surface area contributed by atoms with Gasteiger partial charge in [-0.3, -0.25) is 4.98 Å². The van der Waals surface area contributed by atoms with Gasteiger partial charge in [0, 0.05) is 29.4 Å².